The molecule has 0 spiro atoms. The molecule has 0 aliphatic rings. The smallest absolute Gasteiger partial charge is 0.315 e. The first-order valence-electron chi connectivity index (χ1n) is 5.88. The van der Waals surface area contributed by atoms with Gasteiger partial charge in [0.2, 0.25) is 0 Å². The lowest BCUT2D eigenvalue weighted by Gasteiger charge is -2.16. The molecule has 2 amide bonds. The highest BCUT2D eigenvalue weighted by Gasteiger charge is 2.17. The zero-order valence-electron chi connectivity index (χ0n) is 10.7. The largest absolute Gasteiger partial charge is 0.464 e. The summed E-state index contributed by atoms with van der Waals surface area (Å²) in [5.74, 6) is 1.44. The van der Waals surface area contributed by atoms with Gasteiger partial charge >= 0.3 is 6.03 Å². The van der Waals surface area contributed by atoms with Crippen LogP contribution in [0.1, 0.15) is 24.0 Å². The zero-order chi connectivity index (χ0) is 13.4. The Bertz CT molecular complexity index is 365. The highest BCUT2D eigenvalue weighted by atomic mass is 16.5. The van der Waals surface area contributed by atoms with Gasteiger partial charge in [-0.25, -0.2) is 4.79 Å². The van der Waals surface area contributed by atoms with Crippen LogP contribution >= 0.6 is 0 Å². The summed E-state index contributed by atoms with van der Waals surface area (Å²) in [6.45, 7) is 2.66. The summed E-state index contributed by atoms with van der Waals surface area (Å²) in [7, 11) is 1.56. The SMILES string of the molecule is COCC(NC(=O)NCCCO)c1ccc(C)o1. The van der Waals surface area contributed by atoms with E-state index < -0.39 is 0 Å². The average molecular weight is 256 g/mol. The van der Waals surface area contributed by atoms with Gasteiger partial charge in [-0.2, -0.15) is 0 Å². The molecule has 0 fully saturated rings. The summed E-state index contributed by atoms with van der Waals surface area (Å²) in [6.07, 6.45) is 0.530. The van der Waals surface area contributed by atoms with Crippen molar-refractivity contribution in [3.63, 3.8) is 0 Å². The summed E-state index contributed by atoms with van der Waals surface area (Å²) in [4.78, 5) is 11.6. The Labute approximate surface area is 106 Å². The number of aliphatic hydroxyl groups is 1. The van der Waals surface area contributed by atoms with Gasteiger partial charge in [0.25, 0.3) is 0 Å². The van der Waals surface area contributed by atoms with Gasteiger partial charge in [0, 0.05) is 20.3 Å². The predicted octanol–water partition coefficient (Wildman–Crippen LogP) is 0.957. The van der Waals surface area contributed by atoms with Crippen molar-refractivity contribution in [2.45, 2.75) is 19.4 Å². The van der Waals surface area contributed by atoms with Crippen molar-refractivity contribution in [3.05, 3.63) is 23.7 Å². The van der Waals surface area contributed by atoms with Crippen LogP contribution in [-0.4, -0.2) is 38.0 Å². The lowest BCUT2D eigenvalue weighted by molar-refractivity contribution is 0.156. The first kappa shape index (κ1) is 14.5. The molecule has 1 unspecified atom stereocenters. The molecular weight excluding hydrogens is 236 g/mol. The molecule has 6 nitrogen and oxygen atoms in total. The van der Waals surface area contributed by atoms with Crippen LogP contribution in [0.2, 0.25) is 0 Å². The van der Waals surface area contributed by atoms with Crippen LogP contribution in [0.5, 0.6) is 0 Å². The summed E-state index contributed by atoms with van der Waals surface area (Å²) >= 11 is 0. The molecule has 102 valence electrons. The Morgan fingerprint density at radius 3 is 2.89 bits per heavy atom. The minimum Gasteiger partial charge on any atom is -0.464 e. The van der Waals surface area contributed by atoms with E-state index in [1.165, 1.54) is 0 Å². The Balaban J connectivity index is 2.50. The van der Waals surface area contributed by atoms with E-state index >= 15 is 0 Å². The molecule has 18 heavy (non-hydrogen) atoms. The van der Waals surface area contributed by atoms with Crippen LogP contribution in [0.15, 0.2) is 16.5 Å². The van der Waals surface area contributed by atoms with Crippen molar-refractivity contribution in [1.29, 1.82) is 0 Å². The topological polar surface area (TPSA) is 83.7 Å². The third-order valence-electron chi connectivity index (χ3n) is 2.36. The van der Waals surface area contributed by atoms with Crippen molar-refractivity contribution >= 4 is 6.03 Å². The number of methoxy groups -OCH3 is 1. The van der Waals surface area contributed by atoms with Crippen molar-refractivity contribution in [2.24, 2.45) is 0 Å². The Morgan fingerprint density at radius 2 is 2.33 bits per heavy atom. The predicted molar refractivity (Wildman–Crippen MR) is 66.3 cm³/mol. The second-order valence-corrected chi connectivity index (χ2v) is 3.93. The highest BCUT2D eigenvalue weighted by Crippen LogP contribution is 2.16. The van der Waals surface area contributed by atoms with Crippen LogP contribution in [0.4, 0.5) is 4.79 Å². The molecule has 0 aliphatic heterocycles. The minimum absolute atomic E-state index is 0.0547. The molecule has 0 aromatic carbocycles. The number of hydrogen-bond acceptors (Lipinski definition) is 4. The molecule has 1 rings (SSSR count). The van der Waals surface area contributed by atoms with Gasteiger partial charge < -0.3 is 24.9 Å². The summed E-state index contributed by atoms with van der Waals surface area (Å²) in [6, 6.07) is 3.02. The highest BCUT2D eigenvalue weighted by molar-refractivity contribution is 5.74. The second-order valence-electron chi connectivity index (χ2n) is 3.93. The molecule has 1 atom stereocenters. The number of aliphatic hydroxyl groups excluding tert-OH is 1. The number of nitrogens with one attached hydrogen (secondary N) is 2. The van der Waals surface area contributed by atoms with Gasteiger partial charge in [-0.05, 0) is 25.5 Å². The fourth-order valence-corrected chi connectivity index (χ4v) is 1.49. The lowest BCUT2D eigenvalue weighted by Crippen LogP contribution is -2.39. The first-order valence-corrected chi connectivity index (χ1v) is 5.88. The van der Waals surface area contributed by atoms with Crippen LogP contribution in [0, 0.1) is 6.92 Å². The van der Waals surface area contributed by atoms with Crippen LogP contribution in [0.3, 0.4) is 0 Å². The van der Waals surface area contributed by atoms with Crippen LogP contribution in [-0.2, 0) is 4.74 Å². The number of furan rings is 1. The first-order chi connectivity index (χ1) is 8.67. The number of amides is 2. The molecule has 0 saturated carbocycles. The molecular formula is C12H20N2O4. The molecule has 0 bridgehead atoms. The second kappa shape index (κ2) is 7.73. The molecule has 0 radical (unpaired) electrons. The minimum atomic E-state index is -0.321. The summed E-state index contributed by atoms with van der Waals surface area (Å²) < 4.78 is 10.5. The molecule has 6 heteroatoms. The van der Waals surface area contributed by atoms with Gasteiger partial charge in [-0.1, -0.05) is 0 Å². The number of urea groups is 1. The van der Waals surface area contributed by atoms with Gasteiger partial charge in [0.05, 0.1) is 6.61 Å². The third kappa shape index (κ3) is 4.77. The van der Waals surface area contributed by atoms with E-state index in [1.54, 1.807) is 7.11 Å². The Morgan fingerprint density at radius 1 is 1.56 bits per heavy atom. The van der Waals surface area contributed by atoms with Crippen molar-refractivity contribution < 1.29 is 19.1 Å². The fraction of sp³-hybridized carbons (Fsp3) is 0.583. The van der Waals surface area contributed by atoms with Gasteiger partial charge in [0.1, 0.15) is 17.6 Å². The maximum Gasteiger partial charge on any atom is 0.315 e. The lowest BCUT2D eigenvalue weighted by atomic mass is 10.2. The van der Waals surface area contributed by atoms with E-state index in [9.17, 15) is 4.79 Å². The van der Waals surface area contributed by atoms with E-state index in [0.29, 0.717) is 25.3 Å². The third-order valence-corrected chi connectivity index (χ3v) is 2.36. The molecule has 1 aromatic rings. The van der Waals surface area contributed by atoms with Crippen molar-refractivity contribution in [2.75, 3.05) is 26.9 Å². The van der Waals surface area contributed by atoms with Gasteiger partial charge in [0.15, 0.2) is 0 Å². The Hall–Kier alpha value is -1.53. The number of carbonyl (C=O) groups excluding carboxylic acids is 1. The molecule has 0 aliphatic carbocycles. The quantitative estimate of drug-likeness (QED) is 0.634. The van der Waals surface area contributed by atoms with Gasteiger partial charge in [-0.3, -0.25) is 0 Å². The number of hydrogen-bond donors (Lipinski definition) is 3. The van der Waals surface area contributed by atoms with E-state index in [0.717, 1.165) is 5.76 Å². The Kier molecular flexibility index (Phi) is 6.24. The average Bonchev–Trinajstić information content (AvgIpc) is 2.76. The number of rotatable bonds is 7. The molecule has 3 N–H and O–H groups in total. The number of carbonyl (C=O) groups is 1. The number of ether oxygens (including phenoxy) is 1. The summed E-state index contributed by atoms with van der Waals surface area (Å²) in [5.41, 5.74) is 0. The zero-order valence-corrected chi connectivity index (χ0v) is 10.7. The molecule has 1 aromatic heterocycles. The van der Waals surface area contributed by atoms with E-state index in [2.05, 4.69) is 10.6 Å². The van der Waals surface area contributed by atoms with Crippen molar-refractivity contribution in [3.8, 4) is 0 Å². The molecule has 0 saturated heterocycles. The standard InChI is InChI=1S/C12H20N2O4/c1-9-4-5-11(18-9)10(8-17-2)14-12(16)13-6-3-7-15/h4-5,10,15H,3,6-8H2,1-2H3,(H2,13,14,16). The molecule has 1 heterocycles. The maximum absolute atomic E-state index is 11.6. The number of aryl methyl sites for hydroxylation is 1. The fourth-order valence-electron chi connectivity index (χ4n) is 1.49. The van der Waals surface area contributed by atoms with E-state index in [1.807, 2.05) is 19.1 Å². The van der Waals surface area contributed by atoms with Crippen LogP contribution in [0.25, 0.3) is 0 Å². The van der Waals surface area contributed by atoms with Gasteiger partial charge in [-0.15, -0.1) is 0 Å². The maximum atomic E-state index is 11.6. The van der Waals surface area contributed by atoms with Crippen molar-refractivity contribution in [1.82, 2.24) is 10.6 Å². The van der Waals surface area contributed by atoms with E-state index in [4.69, 9.17) is 14.3 Å². The van der Waals surface area contributed by atoms with Crippen LogP contribution < -0.4 is 10.6 Å². The summed E-state index contributed by atoms with van der Waals surface area (Å²) in [5, 5.41) is 14.0. The monoisotopic (exact) mass is 256 g/mol. The van der Waals surface area contributed by atoms with E-state index in [-0.39, 0.29) is 18.7 Å². The normalized spacial score (nSPS) is 12.2.